The van der Waals surface area contributed by atoms with Crippen LogP contribution in [0.4, 0.5) is 0 Å². The Hall–Kier alpha value is -0.290. The van der Waals surface area contributed by atoms with Gasteiger partial charge in [0.1, 0.15) is 5.82 Å². The first-order valence-electron chi connectivity index (χ1n) is 4.01. The van der Waals surface area contributed by atoms with Crippen LogP contribution in [0.5, 0.6) is 0 Å². The highest BCUT2D eigenvalue weighted by Gasteiger charge is 2.07. The first-order chi connectivity index (χ1) is 6.17. The quantitative estimate of drug-likeness (QED) is 0.724. The van der Waals surface area contributed by atoms with Crippen molar-refractivity contribution in [2.24, 2.45) is 0 Å². The average Bonchev–Trinajstić information content (AvgIpc) is 2.16. The average molecular weight is 215 g/mol. The highest BCUT2D eigenvalue weighted by Crippen LogP contribution is 2.17. The Labute approximate surface area is 87.2 Å². The second-order valence-corrected chi connectivity index (χ2v) is 4.37. The Morgan fingerprint density at radius 1 is 0.923 bits per heavy atom. The van der Waals surface area contributed by atoms with Crippen LogP contribution < -0.4 is 0 Å². The number of hydrogen-bond acceptors (Lipinski definition) is 5. The molecule has 0 atom stereocenters. The van der Waals surface area contributed by atoms with Gasteiger partial charge in [-0.2, -0.15) is 4.98 Å². The van der Waals surface area contributed by atoms with Crippen molar-refractivity contribution in [2.45, 2.75) is 30.1 Å². The van der Waals surface area contributed by atoms with E-state index in [4.69, 9.17) is 0 Å². The lowest BCUT2D eigenvalue weighted by molar-refractivity contribution is 0.678. The van der Waals surface area contributed by atoms with Crippen LogP contribution in [0.15, 0.2) is 10.3 Å². The van der Waals surface area contributed by atoms with Crippen molar-refractivity contribution < 1.29 is 0 Å². The van der Waals surface area contributed by atoms with Crippen LogP contribution >= 0.6 is 23.5 Å². The van der Waals surface area contributed by atoms with E-state index in [-0.39, 0.29) is 0 Å². The molecule has 1 aromatic rings. The van der Waals surface area contributed by atoms with E-state index >= 15 is 0 Å². The van der Waals surface area contributed by atoms with E-state index in [1.807, 2.05) is 12.5 Å². The number of aromatic nitrogens is 3. The zero-order valence-corrected chi connectivity index (χ0v) is 9.87. The van der Waals surface area contributed by atoms with Gasteiger partial charge in [0.2, 0.25) is 0 Å². The zero-order chi connectivity index (χ0) is 9.84. The van der Waals surface area contributed by atoms with E-state index in [2.05, 4.69) is 28.8 Å². The Morgan fingerprint density at radius 3 is 1.69 bits per heavy atom. The van der Waals surface area contributed by atoms with Crippen LogP contribution in [0.3, 0.4) is 0 Å². The SMILES string of the molecule is CSc1nc(SC)nc(C(C)C)n1. The fourth-order valence-electron chi connectivity index (χ4n) is 0.794. The number of thioether (sulfide) groups is 2. The molecule has 3 nitrogen and oxygen atoms in total. The molecule has 0 saturated carbocycles. The summed E-state index contributed by atoms with van der Waals surface area (Å²) in [5.41, 5.74) is 0. The molecule has 72 valence electrons. The van der Waals surface area contributed by atoms with E-state index < -0.39 is 0 Å². The van der Waals surface area contributed by atoms with Crippen LogP contribution in [0.25, 0.3) is 0 Å². The maximum Gasteiger partial charge on any atom is 0.191 e. The summed E-state index contributed by atoms with van der Waals surface area (Å²) in [7, 11) is 0. The molecule has 0 aliphatic carbocycles. The Balaban J connectivity index is 3.07. The zero-order valence-electron chi connectivity index (χ0n) is 8.24. The van der Waals surface area contributed by atoms with Gasteiger partial charge >= 0.3 is 0 Å². The van der Waals surface area contributed by atoms with E-state index in [9.17, 15) is 0 Å². The van der Waals surface area contributed by atoms with Crippen molar-refractivity contribution in [3.05, 3.63) is 5.82 Å². The third kappa shape index (κ3) is 2.84. The van der Waals surface area contributed by atoms with Crippen LogP contribution in [0.2, 0.25) is 0 Å². The minimum Gasteiger partial charge on any atom is -0.207 e. The molecule has 1 heterocycles. The van der Waals surface area contributed by atoms with Gasteiger partial charge in [-0.15, -0.1) is 0 Å². The molecule has 0 saturated heterocycles. The van der Waals surface area contributed by atoms with Crippen LogP contribution in [0.1, 0.15) is 25.6 Å². The molecule has 1 aromatic heterocycles. The summed E-state index contributed by atoms with van der Waals surface area (Å²) in [5.74, 6) is 1.24. The van der Waals surface area contributed by atoms with E-state index in [0.29, 0.717) is 5.92 Å². The second kappa shape index (κ2) is 4.81. The number of rotatable bonds is 3. The van der Waals surface area contributed by atoms with Gasteiger partial charge in [0, 0.05) is 5.92 Å². The third-order valence-corrected chi connectivity index (χ3v) is 2.59. The van der Waals surface area contributed by atoms with Gasteiger partial charge in [0.15, 0.2) is 10.3 Å². The molecule has 0 aromatic carbocycles. The molecule has 0 fully saturated rings. The lowest BCUT2D eigenvalue weighted by Crippen LogP contribution is -2.02. The third-order valence-electron chi connectivity index (χ3n) is 1.49. The molecule has 0 radical (unpaired) electrons. The van der Waals surface area contributed by atoms with Crippen molar-refractivity contribution in [3.63, 3.8) is 0 Å². The van der Waals surface area contributed by atoms with Gasteiger partial charge in [-0.3, -0.25) is 0 Å². The predicted octanol–water partition coefficient (Wildman–Crippen LogP) is 2.44. The smallest absolute Gasteiger partial charge is 0.191 e. The standard InChI is InChI=1S/C8H13N3S2/c1-5(2)6-9-7(12-3)11-8(10-6)13-4/h5H,1-4H3. The highest BCUT2D eigenvalue weighted by atomic mass is 32.2. The van der Waals surface area contributed by atoms with Gasteiger partial charge in [-0.25, -0.2) is 9.97 Å². The Morgan fingerprint density at radius 2 is 1.38 bits per heavy atom. The van der Waals surface area contributed by atoms with Gasteiger partial charge in [0.25, 0.3) is 0 Å². The molecule has 0 spiro atoms. The number of nitrogens with zero attached hydrogens (tertiary/aromatic N) is 3. The molecular formula is C8H13N3S2. The van der Waals surface area contributed by atoms with E-state index in [1.165, 1.54) is 0 Å². The van der Waals surface area contributed by atoms with Crippen molar-refractivity contribution in [1.82, 2.24) is 15.0 Å². The first kappa shape index (κ1) is 10.8. The van der Waals surface area contributed by atoms with Crippen molar-refractivity contribution >= 4 is 23.5 Å². The second-order valence-electron chi connectivity index (χ2n) is 2.82. The Kier molecular flexibility index (Phi) is 3.99. The topological polar surface area (TPSA) is 38.7 Å². The van der Waals surface area contributed by atoms with Crippen LogP contribution in [-0.2, 0) is 0 Å². The van der Waals surface area contributed by atoms with Crippen molar-refractivity contribution in [1.29, 1.82) is 0 Å². The predicted molar refractivity (Wildman–Crippen MR) is 57.5 cm³/mol. The van der Waals surface area contributed by atoms with Crippen LogP contribution in [-0.4, -0.2) is 27.5 Å². The fraction of sp³-hybridized carbons (Fsp3) is 0.625. The molecule has 0 aliphatic rings. The molecule has 0 bridgehead atoms. The summed E-state index contributed by atoms with van der Waals surface area (Å²) in [5, 5.41) is 1.62. The summed E-state index contributed by atoms with van der Waals surface area (Å²) >= 11 is 3.11. The van der Waals surface area contributed by atoms with Gasteiger partial charge < -0.3 is 0 Å². The summed E-state index contributed by atoms with van der Waals surface area (Å²) in [6.45, 7) is 4.17. The normalized spacial score (nSPS) is 10.8. The Bertz CT molecular complexity index is 266. The first-order valence-corrected chi connectivity index (χ1v) is 6.46. The summed E-state index contributed by atoms with van der Waals surface area (Å²) < 4.78 is 0. The maximum absolute atomic E-state index is 4.33. The van der Waals surface area contributed by atoms with E-state index in [1.54, 1.807) is 23.5 Å². The minimum atomic E-state index is 0.361. The summed E-state index contributed by atoms with van der Waals surface area (Å²) in [6, 6.07) is 0. The van der Waals surface area contributed by atoms with Gasteiger partial charge in [0.05, 0.1) is 0 Å². The molecule has 1 rings (SSSR count). The molecule has 0 unspecified atom stereocenters. The van der Waals surface area contributed by atoms with Crippen molar-refractivity contribution in [2.75, 3.05) is 12.5 Å². The highest BCUT2D eigenvalue weighted by molar-refractivity contribution is 7.99. The molecule has 0 amide bonds. The molecule has 13 heavy (non-hydrogen) atoms. The van der Waals surface area contributed by atoms with Crippen LogP contribution in [0, 0.1) is 0 Å². The van der Waals surface area contributed by atoms with Gasteiger partial charge in [-0.05, 0) is 12.5 Å². The largest absolute Gasteiger partial charge is 0.207 e. The lowest BCUT2D eigenvalue weighted by Gasteiger charge is -2.05. The molecular weight excluding hydrogens is 202 g/mol. The van der Waals surface area contributed by atoms with Gasteiger partial charge in [-0.1, -0.05) is 37.4 Å². The van der Waals surface area contributed by atoms with E-state index in [0.717, 1.165) is 16.1 Å². The molecule has 5 heteroatoms. The summed E-state index contributed by atoms with van der Waals surface area (Å²) in [6.07, 6.45) is 3.95. The fourth-order valence-corrected chi connectivity index (χ4v) is 1.58. The minimum absolute atomic E-state index is 0.361. The van der Waals surface area contributed by atoms with Crippen molar-refractivity contribution in [3.8, 4) is 0 Å². The molecule has 0 N–H and O–H groups in total. The lowest BCUT2D eigenvalue weighted by atomic mass is 10.2. The maximum atomic E-state index is 4.33. The molecule has 0 aliphatic heterocycles. The monoisotopic (exact) mass is 215 g/mol. The summed E-state index contributed by atoms with van der Waals surface area (Å²) in [4.78, 5) is 12.9. The number of hydrogen-bond donors (Lipinski definition) is 0.